The van der Waals surface area contributed by atoms with Gasteiger partial charge in [-0.3, -0.25) is 9.36 Å². The fourth-order valence-electron chi connectivity index (χ4n) is 2.78. The zero-order valence-corrected chi connectivity index (χ0v) is 23.3. The second-order valence-electron chi connectivity index (χ2n) is 9.24. The number of unbranched alkanes of at least 4 members (excludes halogenated alkanes) is 5. The van der Waals surface area contributed by atoms with Crippen LogP contribution in [0.5, 0.6) is 0 Å². The van der Waals surface area contributed by atoms with Crippen LogP contribution in [-0.4, -0.2) is 111 Å². The van der Waals surface area contributed by atoms with E-state index in [4.69, 9.17) is 32.7 Å². The van der Waals surface area contributed by atoms with Crippen LogP contribution in [0.4, 0.5) is 0 Å². The predicted octanol–water partition coefficient (Wildman–Crippen LogP) is 2.16. The summed E-state index contributed by atoms with van der Waals surface area (Å²) in [6.45, 7) is 5.12. The summed E-state index contributed by atoms with van der Waals surface area (Å²) in [7, 11) is 2.94. The van der Waals surface area contributed by atoms with E-state index >= 15 is 0 Å². The smallest absolute Gasteiger partial charge is 0.303 e. The molecule has 210 valence electrons. The van der Waals surface area contributed by atoms with Crippen molar-refractivity contribution in [3.05, 3.63) is 0 Å². The molecule has 0 aromatic heterocycles. The Kier molecular flexibility index (Phi) is 21.1. The van der Waals surface area contributed by atoms with Crippen LogP contribution in [0.1, 0.15) is 45.4 Å². The minimum Gasteiger partial charge on any atom is -0.756 e. The highest BCUT2D eigenvalue weighted by Crippen LogP contribution is 2.38. The van der Waals surface area contributed by atoms with Gasteiger partial charge in [0.2, 0.25) is 0 Å². The lowest BCUT2D eigenvalue weighted by Crippen LogP contribution is -2.37. The molecule has 35 heavy (non-hydrogen) atoms. The first-order chi connectivity index (χ1) is 16.6. The molecule has 2 atom stereocenters. The van der Waals surface area contributed by atoms with E-state index in [1.54, 1.807) is 7.11 Å². The lowest BCUT2D eigenvalue weighted by Gasteiger charge is -2.28. The number of phosphoric acid groups is 1. The minimum atomic E-state index is -4.48. The fourth-order valence-corrected chi connectivity index (χ4v) is 3.51. The van der Waals surface area contributed by atoms with Crippen molar-refractivity contribution in [2.45, 2.75) is 51.6 Å². The van der Waals surface area contributed by atoms with Crippen molar-refractivity contribution in [3.63, 3.8) is 0 Å². The van der Waals surface area contributed by atoms with E-state index in [1.807, 2.05) is 21.1 Å². The molecule has 0 aliphatic rings. The van der Waals surface area contributed by atoms with Crippen molar-refractivity contribution in [2.75, 3.05) is 94.3 Å². The Morgan fingerprint density at radius 3 is 1.89 bits per heavy atom. The van der Waals surface area contributed by atoms with Gasteiger partial charge in [0, 0.05) is 27.2 Å². The van der Waals surface area contributed by atoms with Gasteiger partial charge >= 0.3 is 5.97 Å². The topological polar surface area (TPSA) is 122 Å². The molecule has 0 radical (unpaired) electrons. The largest absolute Gasteiger partial charge is 0.756 e. The molecule has 0 bridgehead atoms. The van der Waals surface area contributed by atoms with Crippen molar-refractivity contribution in [2.24, 2.45) is 0 Å². The van der Waals surface area contributed by atoms with E-state index in [1.165, 1.54) is 6.92 Å². The van der Waals surface area contributed by atoms with Crippen molar-refractivity contribution < 1.29 is 51.5 Å². The molecule has 0 aliphatic carbocycles. The quantitative estimate of drug-likeness (QED) is 0.0753. The number of nitrogens with zero attached hydrogens (tertiary/aromatic N) is 1. The standard InChI is InChI=1S/C23H48NO10P/c1-22(25)34-23(21-33-35(26,27)32-15-12-24(2,3)4)20-31-14-11-9-7-6-8-10-13-29-18-19-30-17-16-28-5/h23H,6-21H2,1-5H3. The first-order valence-electron chi connectivity index (χ1n) is 12.4. The Labute approximate surface area is 211 Å². The van der Waals surface area contributed by atoms with E-state index in [9.17, 15) is 14.3 Å². The van der Waals surface area contributed by atoms with E-state index in [0.29, 0.717) is 44.1 Å². The molecule has 0 spiro atoms. The maximum atomic E-state index is 11.9. The number of carbonyl (C=O) groups is 1. The molecule has 0 heterocycles. The number of carbonyl (C=O) groups excluding carboxylic acids is 1. The maximum Gasteiger partial charge on any atom is 0.303 e. The first-order valence-corrected chi connectivity index (χ1v) is 13.8. The van der Waals surface area contributed by atoms with E-state index in [-0.39, 0.29) is 19.8 Å². The summed E-state index contributed by atoms with van der Waals surface area (Å²) >= 11 is 0. The number of quaternary nitrogens is 1. The van der Waals surface area contributed by atoms with E-state index in [0.717, 1.165) is 45.1 Å². The van der Waals surface area contributed by atoms with Gasteiger partial charge in [0.25, 0.3) is 7.82 Å². The highest BCUT2D eigenvalue weighted by molar-refractivity contribution is 7.45. The van der Waals surface area contributed by atoms with Gasteiger partial charge in [-0.05, 0) is 12.8 Å². The van der Waals surface area contributed by atoms with Crippen molar-refractivity contribution in [3.8, 4) is 0 Å². The molecule has 0 N–H and O–H groups in total. The van der Waals surface area contributed by atoms with Crippen LogP contribution in [-0.2, 0) is 42.1 Å². The summed E-state index contributed by atoms with van der Waals surface area (Å²) in [5.74, 6) is -0.531. The molecule has 0 aliphatic heterocycles. The van der Waals surface area contributed by atoms with Crippen LogP contribution in [0.15, 0.2) is 0 Å². The average molecular weight is 530 g/mol. The molecule has 0 aromatic carbocycles. The number of hydrogen-bond donors (Lipinski definition) is 0. The van der Waals surface area contributed by atoms with Gasteiger partial charge in [0.15, 0.2) is 0 Å². The number of hydrogen-bond acceptors (Lipinski definition) is 10. The number of esters is 1. The van der Waals surface area contributed by atoms with Crippen molar-refractivity contribution in [1.82, 2.24) is 0 Å². The molecule has 0 saturated carbocycles. The Morgan fingerprint density at radius 1 is 0.771 bits per heavy atom. The second kappa shape index (κ2) is 21.5. The predicted molar refractivity (Wildman–Crippen MR) is 130 cm³/mol. The zero-order chi connectivity index (χ0) is 26.4. The normalized spacial score (nSPS) is 14.6. The molecule has 0 amide bonds. The molecule has 2 unspecified atom stereocenters. The van der Waals surface area contributed by atoms with Crippen LogP contribution in [0.3, 0.4) is 0 Å². The number of likely N-dealkylation sites (N-methyl/N-ethyl adjacent to an activating group) is 1. The van der Waals surface area contributed by atoms with E-state index in [2.05, 4.69) is 0 Å². The molecular weight excluding hydrogens is 481 g/mol. The monoisotopic (exact) mass is 529 g/mol. The number of methoxy groups -OCH3 is 1. The van der Waals surface area contributed by atoms with Crippen LogP contribution in [0, 0.1) is 0 Å². The van der Waals surface area contributed by atoms with Gasteiger partial charge in [-0.2, -0.15) is 0 Å². The second-order valence-corrected chi connectivity index (χ2v) is 10.6. The Balaban J connectivity index is 3.77. The van der Waals surface area contributed by atoms with Crippen molar-refractivity contribution in [1.29, 1.82) is 0 Å². The highest BCUT2D eigenvalue weighted by Gasteiger charge is 2.19. The molecule has 0 rings (SSSR count). The summed E-state index contributed by atoms with van der Waals surface area (Å²) in [5.41, 5.74) is 0. The Morgan fingerprint density at radius 2 is 1.31 bits per heavy atom. The summed E-state index contributed by atoms with van der Waals surface area (Å²) in [4.78, 5) is 23.2. The van der Waals surface area contributed by atoms with Gasteiger partial charge in [0.1, 0.15) is 19.3 Å². The summed E-state index contributed by atoms with van der Waals surface area (Å²) in [6, 6.07) is 0. The van der Waals surface area contributed by atoms with Crippen molar-refractivity contribution >= 4 is 13.8 Å². The lowest BCUT2D eigenvalue weighted by molar-refractivity contribution is -0.870. The third-order valence-corrected chi connectivity index (χ3v) is 5.66. The van der Waals surface area contributed by atoms with Gasteiger partial charge in [-0.1, -0.05) is 25.7 Å². The maximum absolute atomic E-state index is 11.9. The van der Waals surface area contributed by atoms with Crippen LogP contribution in [0.25, 0.3) is 0 Å². The summed E-state index contributed by atoms with van der Waals surface area (Å²) in [6.07, 6.45) is 5.46. The molecular formula is C23H48NO10P. The fraction of sp³-hybridized carbons (Fsp3) is 0.957. The lowest BCUT2D eigenvalue weighted by atomic mass is 10.1. The van der Waals surface area contributed by atoms with Crippen LogP contribution < -0.4 is 4.89 Å². The third-order valence-electron chi connectivity index (χ3n) is 4.70. The van der Waals surface area contributed by atoms with E-state index < -0.39 is 19.9 Å². The number of ether oxygens (including phenoxy) is 5. The number of rotatable bonds is 25. The first kappa shape index (κ1) is 34.4. The molecule has 0 saturated heterocycles. The summed E-state index contributed by atoms with van der Waals surface area (Å²) < 4.78 is 48.6. The van der Waals surface area contributed by atoms with Gasteiger partial charge in [-0.15, -0.1) is 0 Å². The Hall–Kier alpha value is -0.620. The summed E-state index contributed by atoms with van der Waals surface area (Å²) in [5, 5.41) is 0. The Bertz CT molecular complexity index is 559. The molecule has 0 fully saturated rings. The molecule has 11 nitrogen and oxygen atoms in total. The van der Waals surface area contributed by atoms with Gasteiger partial charge in [0.05, 0.1) is 60.8 Å². The minimum absolute atomic E-state index is 0.0102. The van der Waals surface area contributed by atoms with Crippen LogP contribution >= 0.6 is 7.82 Å². The van der Waals surface area contributed by atoms with Crippen LogP contribution in [0.2, 0.25) is 0 Å². The number of phosphoric ester groups is 1. The molecule has 0 aromatic rings. The van der Waals surface area contributed by atoms with Gasteiger partial charge < -0.3 is 42.1 Å². The highest BCUT2D eigenvalue weighted by atomic mass is 31.2. The SMILES string of the molecule is COCCOCCOCCCCCCCCOCC(COP(=O)([O-])OCC[N+](C)(C)C)OC(C)=O. The van der Waals surface area contributed by atoms with Gasteiger partial charge in [-0.25, -0.2) is 0 Å². The average Bonchev–Trinajstić information content (AvgIpc) is 2.75. The zero-order valence-electron chi connectivity index (χ0n) is 22.4. The molecule has 12 heteroatoms. The third kappa shape index (κ3) is 26.3.